The number of allylic oxidation sites excluding steroid dienone is 3. The summed E-state index contributed by atoms with van der Waals surface area (Å²) in [7, 11) is 0. The van der Waals surface area contributed by atoms with Gasteiger partial charge in [0.15, 0.2) is 0 Å². The van der Waals surface area contributed by atoms with Crippen LogP contribution in [0.15, 0.2) is 24.3 Å². The monoisotopic (exact) mass is 138 g/mol. The number of hydrogen-bond acceptors (Lipinski definition) is 0. The van der Waals surface area contributed by atoms with Gasteiger partial charge < -0.3 is 0 Å². The van der Waals surface area contributed by atoms with E-state index < -0.39 is 0 Å². The molecule has 0 nitrogen and oxygen atoms in total. The maximum atomic E-state index is 3.69. The lowest BCUT2D eigenvalue weighted by Crippen LogP contribution is -1.80. The fraction of sp³-hybridized carbons (Fsp3) is 0.600. The zero-order valence-corrected chi connectivity index (χ0v) is 7.19. The Morgan fingerprint density at radius 1 is 1.20 bits per heavy atom. The molecule has 0 spiro atoms. The molecule has 0 saturated carbocycles. The second-order valence-electron chi connectivity index (χ2n) is 2.56. The largest absolute Gasteiger partial charge is 0.0991 e. The van der Waals surface area contributed by atoms with Crippen molar-refractivity contribution in [1.82, 2.24) is 0 Å². The summed E-state index contributed by atoms with van der Waals surface area (Å²) in [5.74, 6) is 0. The molecule has 0 heterocycles. The predicted octanol–water partition coefficient (Wildman–Crippen LogP) is 3.70. The maximum Gasteiger partial charge on any atom is -0.0320 e. The third-order valence-corrected chi connectivity index (χ3v) is 1.50. The molecule has 0 aliphatic heterocycles. The normalized spacial score (nSPS) is 9.00. The van der Waals surface area contributed by atoms with E-state index in [1.165, 1.54) is 25.7 Å². The van der Waals surface area contributed by atoms with E-state index in [-0.39, 0.29) is 0 Å². The Bertz CT molecular complexity index is 101. The fourth-order valence-corrected chi connectivity index (χ4v) is 1.10. The zero-order valence-electron chi connectivity index (χ0n) is 7.19. The molecule has 0 N–H and O–H groups in total. The van der Waals surface area contributed by atoms with Crippen molar-refractivity contribution < 1.29 is 0 Å². The molecule has 0 aliphatic carbocycles. The van der Waals surface area contributed by atoms with Crippen molar-refractivity contribution in [3.05, 3.63) is 24.3 Å². The van der Waals surface area contributed by atoms with Crippen molar-refractivity contribution in [3.63, 3.8) is 0 Å². The molecule has 0 heteroatoms. The fourth-order valence-electron chi connectivity index (χ4n) is 1.10. The molecular weight excluding hydrogens is 120 g/mol. The second-order valence-corrected chi connectivity index (χ2v) is 2.56. The van der Waals surface area contributed by atoms with Crippen LogP contribution in [0, 0.1) is 0 Å². The molecule has 0 fully saturated rings. The lowest BCUT2D eigenvalue weighted by molar-refractivity contribution is 0.803. The van der Waals surface area contributed by atoms with Crippen molar-refractivity contribution in [2.24, 2.45) is 0 Å². The van der Waals surface area contributed by atoms with Crippen molar-refractivity contribution in [2.75, 3.05) is 0 Å². The van der Waals surface area contributed by atoms with Crippen LogP contribution in [-0.2, 0) is 0 Å². The molecule has 0 atom stereocenters. The highest BCUT2D eigenvalue weighted by atomic mass is 14.0. The van der Waals surface area contributed by atoms with Gasteiger partial charge in [0.2, 0.25) is 0 Å². The predicted molar refractivity (Wildman–Crippen MR) is 48.1 cm³/mol. The van der Waals surface area contributed by atoms with E-state index >= 15 is 0 Å². The third-order valence-electron chi connectivity index (χ3n) is 1.50. The first-order chi connectivity index (χ1) is 4.85. The molecule has 0 radical (unpaired) electrons. The molecule has 0 amide bonds. The molecular formula is C10H18. The quantitative estimate of drug-likeness (QED) is 0.508. The van der Waals surface area contributed by atoms with Gasteiger partial charge >= 0.3 is 0 Å². The first-order valence-corrected chi connectivity index (χ1v) is 4.15. The first kappa shape index (κ1) is 9.48. The van der Waals surface area contributed by atoms with Crippen LogP contribution in [0.1, 0.15) is 39.5 Å². The van der Waals surface area contributed by atoms with Gasteiger partial charge in [0.1, 0.15) is 0 Å². The van der Waals surface area contributed by atoms with Gasteiger partial charge in [0, 0.05) is 0 Å². The Kier molecular flexibility index (Phi) is 6.25. The van der Waals surface area contributed by atoms with Crippen LogP contribution in [0.3, 0.4) is 0 Å². The lowest BCUT2D eigenvalue weighted by atomic mass is 10.1. The van der Waals surface area contributed by atoms with Gasteiger partial charge in [-0.1, -0.05) is 51.0 Å². The summed E-state index contributed by atoms with van der Waals surface area (Å²) in [6.07, 6.45) is 9.01. The highest BCUT2D eigenvalue weighted by Gasteiger charge is 1.91. The Morgan fingerprint density at radius 2 is 1.70 bits per heavy atom. The van der Waals surface area contributed by atoms with Gasteiger partial charge in [0.25, 0.3) is 0 Å². The average Bonchev–Trinajstić information content (AvgIpc) is 1.90. The van der Waals surface area contributed by atoms with Crippen molar-refractivity contribution in [3.8, 4) is 0 Å². The molecule has 0 aliphatic rings. The van der Waals surface area contributed by atoms with Gasteiger partial charge in [0.05, 0.1) is 0 Å². The molecule has 0 aromatic rings. The molecule has 10 heavy (non-hydrogen) atoms. The minimum Gasteiger partial charge on any atom is -0.0991 e. The van der Waals surface area contributed by atoms with Gasteiger partial charge in [-0.05, 0) is 12.8 Å². The minimum absolute atomic E-state index is 1.24. The summed E-state index contributed by atoms with van der Waals surface area (Å²) >= 11 is 0. The van der Waals surface area contributed by atoms with Crippen molar-refractivity contribution in [1.29, 1.82) is 0 Å². The Balaban J connectivity index is 3.71. The van der Waals surface area contributed by atoms with E-state index in [9.17, 15) is 0 Å². The molecule has 0 saturated heterocycles. The van der Waals surface area contributed by atoms with E-state index in [0.717, 1.165) is 0 Å². The topological polar surface area (TPSA) is 0 Å². The van der Waals surface area contributed by atoms with E-state index in [1.54, 1.807) is 5.57 Å². The van der Waals surface area contributed by atoms with Crippen LogP contribution in [0.25, 0.3) is 0 Å². The van der Waals surface area contributed by atoms with Crippen LogP contribution in [0.4, 0.5) is 0 Å². The minimum atomic E-state index is 1.24. The number of hydrogen-bond donors (Lipinski definition) is 0. The maximum absolute atomic E-state index is 3.69. The molecule has 58 valence electrons. The Morgan fingerprint density at radius 3 is 2.00 bits per heavy atom. The van der Waals surface area contributed by atoms with Crippen molar-refractivity contribution >= 4 is 0 Å². The molecule has 0 rings (SSSR count). The van der Waals surface area contributed by atoms with Crippen LogP contribution < -0.4 is 0 Å². The first-order valence-electron chi connectivity index (χ1n) is 4.15. The SMILES string of the molecule is C=CC=C(CCC)CCC. The van der Waals surface area contributed by atoms with E-state index in [2.05, 4.69) is 26.5 Å². The lowest BCUT2D eigenvalue weighted by Gasteiger charge is -2.00. The molecule has 0 bridgehead atoms. The highest BCUT2D eigenvalue weighted by Crippen LogP contribution is 2.11. The van der Waals surface area contributed by atoms with Gasteiger partial charge in [-0.25, -0.2) is 0 Å². The van der Waals surface area contributed by atoms with Gasteiger partial charge in [-0.15, -0.1) is 0 Å². The summed E-state index contributed by atoms with van der Waals surface area (Å²) in [6, 6.07) is 0. The summed E-state index contributed by atoms with van der Waals surface area (Å²) < 4.78 is 0. The van der Waals surface area contributed by atoms with Crippen LogP contribution in [0.2, 0.25) is 0 Å². The summed E-state index contributed by atoms with van der Waals surface area (Å²) in [6.45, 7) is 8.12. The Hall–Kier alpha value is -0.520. The molecule has 0 aromatic heterocycles. The van der Waals surface area contributed by atoms with E-state index in [4.69, 9.17) is 0 Å². The zero-order chi connectivity index (χ0) is 7.82. The summed E-state index contributed by atoms with van der Waals surface area (Å²) in [5.41, 5.74) is 1.54. The van der Waals surface area contributed by atoms with Crippen LogP contribution in [-0.4, -0.2) is 0 Å². The van der Waals surface area contributed by atoms with Gasteiger partial charge in [-0.3, -0.25) is 0 Å². The highest BCUT2D eigenvalue weighted by molar-refractivity contribution is 5.09. The average molecular weight is 138 g/mol. The van der Waals surface area contributed by atoms with Crippen LogP contribution in [0.5, 0.6) is 0 Å². The standard InChI is InChI=1S/C10H18/c1-4-7-10(8-5-2)9-6-3/h4,7H,1,5-6,8-9H2,2-3H3. The third kappa shape index (κ3) is 4.37. The Labute approximate surface area is 64.6 Å². The van der Waals surface area contributed by atoms with E-state index in [0.29, 0.717) is 0 Å². The smallest absolute Gasteiger partial charge is 0.0320 e. The summed E-state index contributed by atoms with van der Waals surface area (Å²) in [4.78, 5) is 0. The second kappa shape index (κ2) is 6.60. The molecule has 0 unspecified atom stereocenters. The summed E-state index contributed by atoms with van der Waals surface area (Å²) in [5, 5.41) is 0. The van der Waals surface area contributed by atoms with Crippen LogP contribution >= 0.6 is 0 Å². The van der Waals surface area contributed by atoms with E-state index in [1.807, 2.05) is 6.08 Å². The van der Waals surface area contributed by atoms with Crippen molar-refractivity contribution in [2.45, 2.75) is 39.5 Å². The van der Waals surface area contributed by atoms with Gasteiger partial charge in [-0.2, -0.15) is 0 Å². The molecule has 0 aromatic carbocycles. The number of rotatable bonds is 5.